The van der Waals surface area contributed by atoms with E-state index in [2.05, 4.69) is 50.9 Å². The second-order valence-electron chi connectivity index (χ2n) is 8.19. The first-order valence-electron chi connectivity index (χ1n) is 8.67. The van der Waals surface area contributed by atoms with Crippen LogP contribution in [0.25, 0.3) is 0 Å². The molecule has 5 heteroatoms. The summed E-state index contributed by atoms with van der Waals surface area (Å²) in [4.78, 5) is 14.4. The maximum Gasteiger partial charge on any atom is 0.323 e. The smallest absolute Gasteiger partial charge is 0.323 e. The van der Waals surface area contributed by atoms with E-state index in [0.717, 1.165) is 13.1 Å². The van der Waals surface area contributed by atoms with E-state index in [9.17, 15) is 4.79 Å². The number of esters is 1. The van der Waals surface area contributed by atoms with Crippen LogP contribution in [0.2, 0.25) is 18.1 Å². The molecule has 1 aliphatic heterocycles. The molecule has 1 aromatic carbocycles. The zero-order valence-electron chi connectivity index (χ0n) is 15.8. The van der Waals surface area contributed by atoms with Gasteiger partial charge in [-0.1, -0.05) is 51.1 Å². The van der Waals surface area contributed by atoms with E-state index in [-0.39, 0.29) is 23.2 Å². The van der Waals surface area contributed by atoms with Gasteiger partial charge in [-0.05, 0) is 30.1 Å². The number of nitrogens with zero attached hydrogens (tertiary/aromatic N) is 1. The van der Waals surface area contributed by atoms with Crippen LogP contribution in [0.15, 0.2) is 30.3 Å². The highest BCUT2D eigenvalue weighted by atomic mass is 28.4. The predicted octanol–water partition coefficient (Wildman–Crippen LogP) is 3.82. The molecule has 2 atom stereocenters. The third-order valence-electron chi connectivity index (χ3n) is 5.33. The van der Waals surface area contributed by atoms with E-state index < -0.39 is 8.32 Å². The molecule has 0 N–H and O–H groups in total. The number of methoxy groups -OCH3 is 1. The first kappa shape index (κ1) is 19.2. The summed E-state index contributed by atoms with van der Waals surface area (Å²) in [5, 5.41) is 0.167. The number of likely N-dealkylation sites (tertiary alicyclic amines) is 1. The average molecular weight is 350 g/mol. The number of hydrogen-bond donors (Lipinski definition) is 0. The Labute approximate surface area is 147 Å². The predicted molar refractivity (Wildman–Crippen MR) is 99.3 cm³/mol. The Bertz CT molecular complexity index is 553. The molecular formula is C19H31NO3Si. The minimum absolute atomic E-state index is 0.0960. The molecule has 0 aliphatic carbocycles. The highest BCUT2D eigenvalue weighted by Gasteiger charge is 2.44. The Morgan fingerprint density at radius 3 is 2.42 bits per heavy atom. The Hall–Kier alpha value is -1.17. The Morgan fingerprint density at radius 2 is 1.88 bits per heavy atom. The van der Waals surface area contributed by atoms with Gasteiger partial charge in [0.25, 0.3) is 0 Å². The summed E-state index contributed by atoms with van der Waals surface area (Å²) < 4.78 is 11.6. The maximum absolute atomic E-state index is 12.2. The molecule has 134 valence electrons. The van der Waals surface area contributed by atoms with Gasteiger partial charge in [0.15, 0.2) is 8.32 Å². The van der Waals surface area contributed by atoms with Crippen LogP contribution in [0.5, 0.6) is 0 Å². The average Bonchev–Trinajstić information content (AvgIpc) is 2.88. The normalized spacial score (nSPS) is 22.6. The van der Waals surface area contributed by atoms with Gasteiger partial charge in [0, 0.05) is 13.1 Å². The lowest BCUT2D eigenvalue weighted by Gasteiger charge is -2.38. The van der Waals surface area contributed by atoms with Gasteiger partial charge in [0.05, 0.1) is 13.2 Å². The molecule has 1 aliphatic rings. The van der Waals surface area contributed by atoms with Gasteiger partial charge in [-0.2, -0.15) is 0 Å². The topological polar surface area (TPSA) is 38.8 Å². The molecule has 4 nitrogen and oxygen atoms in total. The van der Waals surface area contributed by atoms with Crippen LogP contribution < -0.4 is 0 Å². The number of rotatable bonds is 5. The summed E-state index contributed by atoms with van der Waals surface area (Å²) in [6.45, 7) is 12.8. The molecule has 2 rings (SSSR count). The summed E-state index contributed by atoms with van der Waals surface area (Å²) in [5.74, 6) is -0.160. The summed E-state index contributed by atoms with van der Waals surface area (Å²) in [7, 11) is -0.382. The number of carbonyl (C=O) groups excluding carboxylic acids is 1. The van der Waals surface area contributed by atoms with Crippen molar-refractivity contribution in [2.75, 3.05) is 13.7 Å². The van der Waals surface area contributed by atoms with Crippen molar-refractivity contribution in [2.45, 2.75) is 64.0 Å². The van der Waals surface area contributed by atoms with Gasteiger partial charge < -0.3 is 9.16 Å². The molecule has 24 heavy (non-hydrogen) atoms. The van der Waals surface area contributed by atoms with Crippen molar-refractivity contribution in [3.63, 3.8) is 0 Å². The lowest BCUT2D eigenvalue weighted by Crippen LogP contribution is -2.44. The molecule has 1 fully saturated rings. The molecule has 1 saturated heterocycles. The van der Waals surface area contributed by atoms with E-state index in [1.54, 1.807) is 0 Å². The van der Waals surface area contributed by atoms with Crippen molar-refractivity contribution >= 4 is 14.3 Å². The van der Waals surface area contributed by atoms with Crippen molar-refractivity contribution in [2.24, 2.45) is 0 Å². The van der Waals surface area contributed by atoms with Gasteiger partial charge >= 0.3 is 5.97 Å². The van der Waals surface area contributed by atoms with E-state index in [4.69, 9.17) is 9.16 Å². The molecule has 0 bridgehead atoms. The van der Waals surface area contributed by atoms with Gasteiger partial charge in [-0.3, -0.25) is 9.69 Å². The number of hydrogen-bond acceptors (Lipinski definition) is 4. The molecular weight excluding hydrogens is 318 g/mol. The highest BCUT2D eigenvalue weighted by molar-refractivity contribution is 6.74. The molecule has 0 saturated carbocycles. The molecule has 0 amide bonds. The quantitative estimate of drug-likeness (QED) is 0.598. The van der Waals surface area contributed by atoms with Crippen LogP contribution in [0.4, 0.5) is 0 Å². The largest absolute Gasteiger partial charge is 0.468 e. The minimum Gasteiger partial charge on any atom is -0.468 e. The van der Waals surface area contributed by atoms with Gasteiger partial charge in [-0.15, -0.1) is 0 Å². The summed E-state index contributed by atoms with van der Waals surface area (Å²) in [6, 6.07) is 10.0. The second kappa shape index (κ2) is 7.38. The SMILES string of the molecule is COC(=O)[C@H]1CC(O[Si](C)(C)C(C)(C)C)CN1Cc1ccccc1. The number of ether oxygens (including phenoxy) is 1. The van der Waals surface area contributed by atoms with Crippen LogP contribution in [-0.2, 0) is 20.5 Å². The van der Waals surface area contributed by atoms with Gasteiger partial charge in [0.2, 0.25) is 0 Å². The summed E-state index contributed by atoms with van der Waals surface area (Å²) in [6.07, 6.45) is 0.810. The van der Waals surface area contributed by atoms with E-state index in [1.807, 2.05) is 18.2 Å². The fourth-order valence-corrected chi connectivity index (χ4v) is 4.27. The van der Waals surface area contributed by atoms with E-state index >= 15 is 0 Å². The summed E-state index contributed by atoms with van der Waals surface area (Å²) in [5.41, 5.74) is 1.21. The van der Waals surface area contributed by atoms with Crippen LogP contribution in [0.1, 0.15) is 32.8 Å². The first-order valence-corrected chi connectivity index (χ1v) is 11.6. The first-order chi connectivity index (χ1) is 11.1. The van der Waals surface area contributed by atoms with Crippen molar-refractivity contribution in [1.29, 1.82) is 0 Å². The molecule has 0 aromatic heterocycles. The van der Waals surface area contributed by atoms with Crippen LogP contribution >= 0.6 is 0 Å². The lowest BCUT2D eigenvalue weighted by molar-refractivity contribution is -0.146. The molecule has 1 unspecified atom stereocenters. The molecule has 0 spiro atoms. The molecule has 1 aromatic rings. The van der Waals surface area contributed by atoms with E-state index in [0.29, 0.717) is 6.42 Å². The maximum atomic E-state index is 12.2. The third kappa shape index (κ3) is 4.46. The number of carbonyl (C=O) groups is 1. The summed E-state index contributed by atoms with van der Waals surface area (Å²) >= 11 is 0. The van der Waals surface area contributed by atoms with Crippen LogP contribution in [0.3, 0.4) is 0 Å². The number of benzene rings is 1. The second-order valence-corrected chi connectivity index (χ2v) is 12.9. The fourth-order valence-electron chi connectivity index (χ4n) is 2.91. The zero-order chi connectivity index (χ0) is 18.0. The highest BCUT2D eigenvalue weighted by Crippen LogP contribution is 2.39. The Morgan fingerprint density at radius 1 is 1.25 bits per heavy atom. The monoisotopic (exact) mass is 349 g/mol. The van der Waals surface area contributed by atoms with Crippen LogP contribution in [-0.4, -0.2) is 45.0 Å². The minimum atomic E-state index is -1.84. The van der Waals surface area contributed by atoms with Crippen molar-refractivity contribution < 1.29 is 14.0 Å². The van der Waals surface area contributed by atoms with Gasteiger partial charge in [-0.25, -0.2) is 0 Å². The molecule has 0 radical (unpaired) electrons. The zero-order valence-corrected chi connectivity index (χ0v) is 16.8. The van der Waals surface area contributed by atoms with Gasteiger partial charge in [0.1, 0.15) is 6.04 Å². The third-order valence-corrected chi connectivity index (χ3v) is 9.87. The van der Waals surface area contributed by atoms with Crippen LogP contribution in [0, 0.1) is 0 Å². The van der Waals surface area contributed by atoms with Crippen molar-refractivity contribution in [1.82, 2.24) is 4.90 Å². The Balaban J connectivity index is 2.11. The van der Waals surface area contributed by atoms with E-state index in [1.165, 1.54) is 12.7 Å². The van der Waals surface area contributed by atoms with Crippen molar-refractivity contribution in [3.05, 3.63) is 35.9 Å². The molecule has 1 heterocycles. The fraction of sp³-hybridized carbons (Fsp3) is 0.632. The lowest BCUT2D eigenvalue weighted by atomic mass is 10.2. The Kier molecular flexibility index (Phi) is 5.89. The van der Waals surface area contributed by atoms with Crippen molar-refractivity contribution in [3.8, 4) is 0 Å². The standard InChI is InChI=1S/C19H31NO3Si/c1-19(2,3)24(5,6)23-16-12-17(18(21)22-4)20(14-16)13-15-10-8-7-9-11-15/h7-11,16-17H,12-14H2,1-6H3/t16?,17-/m1/s1.